The number of anilines is 1. The van der Waals surface area contributed by atoms with Gasteiger partial charge in [-0.2, -0.15) is 0 Å². The molecule has 7 heteroatoms. The lowest BCUT2D eigenvalue weighted by Gasteiger charge is -2.43. The Balaban J connectivity index is 0.00000112. The molecule has 3 N–H and O–H groups in total. The maximum atomic E-state index is 12.4. The quantitative estimate of drug-likeness (QED) is 0.546. The monoisotopic (exact) mass is 423 g/mol. The van der Waals surface area contributed by atoms with E-state index in [4.69, 9.17) is 4.42 Å². The van der Waals surface area contributed by atoms with E-state index in [1.807, 2.05) is 31.7 Å². The molecule has 1 aromatic carbocycles. The molecule has 0 bridgehead atoms. The summed E-state index contributed by atoms with van der Waals surface area (Å²) in [5.41, 5.74) is 3.71. The number of imidazole rings is 1. The Morgan fingerprint density at radius 2 is 1.97 bits per heavy atom. The summed E-state index contributed by atoms with van der Waals surface area (Å²) in [6.45, 7) is 7.37. The summed E-state index contributed by atoms with van der Waals surface area (Å²) in [4.78, 5) is 16.7. The number of benzene rings is 1. The number of hydrogen-bond donors (Lipinski definition) is 3. The predicted octanol–water partition coefficient (Wildman–Crippen LogP) is 5.09. The fraction of sp³-hybridized carbons (Fsp3) is 0.500. The molecule has 1 aliphatic carbocycles. The molecule has 31 heavy (non-hydrogen) atoms. The van der Waals surface area contributed by atoms with E-state index in [1.165, 1.54) is 6.42 Å². The summed E-state index contributed by atoms with van der Waals surface area (Å²) in [7, 11) is 1.99. The lowest BCUT2D eigenvalue weighted by molar-refractivity contribution is 0.208. The van der Waals surface area contributed by atoms with Gasteiger partial charge in [0, 0.05) is 30.4 Å². The highest BCUT2D eigenvalue weighted by atomic mass is 16.3. The van der Waals surface area contributed by atoms with Crippen molar-refractivity contribution >= 4 is 22.7 Å². The van der Waals surface area contributed by atoms with Gasteiger partial charge in [0.25, 0.3) is 0 Å². The molecule has 1 spiro atoms. The van der Waals surface area contributed by atoms with Crippen LogP contribution in [0.2, 0.25) is 0 Å². The number of aryl methyl sites for hydroxylation is 2. The van der Waals surface area contributed by atoms with Gasteiger partial charge in [-0.15, -0.1) is 0 Å². The van der Waals surface area contributed by atoms with Crippen molar-refractivity contribution in [1.82, 2.24) is 20.2 Å². The first-order chi connectivity index (χ1) is 15.1. The van der Waals surface area contributed by atoms with Crippen LogP contribution in [0, 0.1) is 6.92 Å². The first-order valence-corrected chi connectivity index (χ1v) is 11.4. The number of rotatable bonds is 4. The zero-order valence-electron chi connectivity index (χ0n) is 19.0. The number of fused-ring (bicyclic) bond motifs is 4. The third-order valence-corrected chi connectivity index (χ3v) is 6.34. The summed E-state index contributed by atoms with van der Waals surface area (Å²) in [5, 5.41) is 10.8. The van der Waals surface area contributed by atoms with Crippen LogP contribution in [0.25, 0.3) is 11.0 Å². The molecular formula is C24H33N5O2. The molecule has 5 rings (SSSR count). The van der Waals surface area contributed by atoms with Crippen LogP contribution in [-0.4, -0.2) is 15.6 Å². The number of urea groups is 1. The topological polar surface area (TPSA) is 84.1 Å². The van der Waals surface area contributed by atoms with Crippen molar-refractivity contribution in [2.45, 2.75) is 71.5 Å². The van der Waals surface area contributed by atoms with Gasteiger partial charge in [0.2, 0.25) is 0 Å². The molecule has 1 saturated carbocycles. The highest BCUT2D eigenvalue weighted by molar-refractivity contribution is 6.00. The minimum absolute atomic E-state index is 0.106. The number of amides is 2. The predicted molar refractivity (Wildman–Crippen MR) is 123 cm³/mol. The Hall–Kier alpha value is -2.80. The Bertz CT molecular complexity index is 1080. The first-order valence-electron chi connectivity index (χ1n) is 11.4. The molecule has 1 fully saturated rings. The average molecular weight is 424 g/mol. The zero-order chi connectivity index (χ0) is 22.0. The van der Waals surface area contributed by atoms with Crippen molar-refractivity contribution in [2.75, 3.05) is 5.32 Å². The highest BCUT2D eigenvalue weighted by Crippen LogP contribution is 2.47. The number of nitrogens with one attached hydrogen (secondary N) is 3. The molecule has 7 nitrogen and oxygen atoms in total. The summed E-state index contributed by atoms with van der Waals surface area (Å²) in [6.07, 6.45) is 9.12. The van der Waals surface area contributed by atoms with Crippen molar-refractivity contribution < 1.29 is 9.21 Å². The van der Waals surface area contributed by atoms with E-state index in [0.29, 0.717) is 13.1 Å². The lowest BCUT2D eigenvalue weighted by atomic mass is 9.74. The van der Waals surface area contributed by atoms with Crippen LogP contribution in [0.15, 0.2) is 28.9 Å². The number of furan rings is 1. The molecule has 3 heterocycles. The fourth-order valence-corrected chi connectivity index (χ4v) is 4.90. The Kier molecular flexibility index (Phi) is 6.05. The third-order valence-electron chi connectivity index (χ3n) is 6.34. The van der Waals surface area contributed by atoms with Crippen molar-refractivity contribution in [3.8, 4) is 0 Å². The van der Waals surface area contributed by atoms with E-state index in [1.54, 1.807) is 6.20 Å². The van der Waals surface area contributed by atoms with Gasteiger partial charge in [-0.25, -0.2) is 9.78 Å². The first kappa shape index (κ1) is 21.4. The van der Waals surface area contributed by atoms with Crippen LogP contribution in [0.3, 0.4) is 0 Å². The molecule has 166 valence electrons. The summed E-state index contributed by atoms with van der Waals surface area (Å²) < 4.78 is 8.36. The number of nitrogens with zero attached hydrogens (tertiary/aromatic N) is 2. The van der Waals surface area contributed by atoms with Gasteiger partial charge in [-0.1, -0.05) is 33.1 Å². The molecule has 2 aliphatic rings. The van der Waals surface area contributed by atoms with Crippen molar-refractivity contribution in [3.63, 3.8) is 0 Å². The van der Waals surface area contributed by atoms with E-state index in [-0.39, 0.29) is 11.6 Å². The highest BCUT2D eigenvalue weighted by Gasteiger charge is 2.43. The molecule has 0 radical (unpaired) electrons. The minimum atomic E-state index is -0.324. The Labute approximate surface area is 183 Å². The average Bonchev–Trinajstić information content (AvgIpc) is 3.35. The molecular weight excluding hydrogens is 390 g/mol. The van der Waals surface area contributed by atoms with Crippen molar-refractivity contribution in [3.05, 3.63) is 47.2 Å². The third kappa shape index (κ3) is 3.94. The van der Waals surface area contributed by atoms with Gasteiger partial charge >= 0.3 is 6.03 Å². The largest absolute Gasteiger partial charge is 0.459 e. The molecule has 1 aliphatic heterocycles. The number of aromatic nitrogens is 2. The maximum Gasteiger partial charge on any atom is 0.319 e. The molecule has 0 atom stereocenters. The van der Waals surface area contributed by atoms with Gasteiger partial charge in [-0.05, 0) is 37.5 Å². The molecule has 2 amide bonds. The Morgan fingerprint density at radius 3 is 2.68 bits per heavy atom. The van der Waals surface area contributed by atoms with E-state index in [0.717, 1.165) is 65.1 Å². The van der Waals surface area contributed by atoms with Gasteiger partial charge < -0.3 is 24.9 Å². The second kappa shape index (κ2) is 8.75. The van der Waals surface area contributed by atoms with Crippen LogP contribution in [0.1, 0.15) is 68.7 Å². The Morgan fingerprint density at radius 1 is 1.19 bits per heavy atom. The van der Waals surface area contributed by atoms with Crippen LogP contribution in [0.4, 0.5) is 10.5 Å². The SMILES string of the molecule is CC.Cc1cc2cc(CNCc3nccn3C)oc2c2c1NC(=O)NC21CCCCC1. The van der Waals surface area contributed by atoms with E-state index >= 15 is 0 Å². The van der Waals surface area contributed by atoms with E-state index in [9.17, 15) is 4.79 Å². The maximum absolute atomic E-state index is 12.4. The second-order valence-electron chi connectivity index (χ2n) is 8.35. The van der Waals surface area contributed by atoms with Crippen LogP contribution >= 0.6 is 0 Å². The van der Waals surface area contributed by atoms with Crippen molar-refractivity contribution in [1.29, 1.82) is 0 Å². The van der Waals surface area contributed by atoms with E-state index in [2.05, 4.69) is 40.0 Å². The number of carbonyl (C=O) groups is 1. The van der Waals surface area contributed by atoms with Crippen LogP contribution < -0.4 is 16.0 Å². The van der Waals surface area contributed by atoms with Gasteiger partial charge in [0.15, 0.2) is 0 Å². The fourth-order valence-electron chi connectivity index (χ4n) is 4.90. The smallest absolute Gasteiger partial charge is 0.319 e. The normalized spacial score (nSPS) is 17.0. The van der Waals surface area contributed by atoms with Crippen molar-refractivity contribution in [2.24, 2.45) is 7.05 Å². The van der Waals surface area contributed by atoms with E-state index < -0.39 is 0 Å². The summed E-state index contributed by atoms with van der Waals surface area (Å²) >= 11 is 0. The zero-order valence-corrected chi connectivity index (χ0v) is 19.0. The molecule has 2 aromatic heterocycles. The standard InChI is InChI=1S/C22H27N5O2.C2H6/c1-14-10-15-11-16(12-23-13-17-24-8-9-27(17)2)29-20(15)18-19(14)25-21(28)26-22(18)6-4-3-5-7-22;1-2/h8-11,23H,3-7,12-13H2,1-2H3,(H2,25,26,28);1-2H3. The summed E-state index contributed by atoms with van der Waals surface area (Å²) in [5.74, 6) is 1.88. The molecule has 0 unspecified atom stereocenters. The second-order valence-corrected chi connectivity index (χ2v) is 8.35. The minimum Gasteiger partial charge on any atom is -0.459 e. The summed E-state index contributed by atoms with van der Waals surface area (Å²) in [6, 6.07) is 4.12. The van der Waals surface area contributed by atoms with Crippen LogP contribution in [0.5, 0.6) is 0 Å². The van der Waals surface area contributed by atoms with Gasteiger partial charge in [0.1, 0.15) is 17.2 Å². The van der Waals surface area contributed by atoms with Gasteiger partial charge in [-0.3, -0.25) is 0 Å². The lowest BCUT2D eigenvalue weighted by Crippen LogP contribution is -2.52. The molecule has 3 aromatic rings. The number of hydrogen-bond acceptors (Lipinski definition) is 4. The molecule has 0 saturated heterocycles. The van der Waals surface area contributed by atoms with Crippen LogP contribution in [-0.2, 0) is 25.7 Å². The van der Waals surface area contributed by atoms with Gasteiger partial charge in [0.05, 0.1) is 24.3 Å². The number of carbonyl (C=O) groups excluding carboxylic acids is 1.